The fourth-order valence-electron chi connectivity index (χ4n) is 3.99. The van der Waals surface area contributed by atoms with E-state index in [9.17, 15) is 9.59 Å². The molecule has 0 radical (unpaired) electrons. The summed E-state index contributed by atoms with van der Waals surface area (Å²) in [5.41, 5.74) is 5.25. The van der Waals surface area contributed by atoms with Gasteiger partial charge in [-0.3, -0.25) is 9.36 Å². The number of hydrogen-bond donors (Lipinski definition) is 1. The molecule has 4 rings (SSSR count). The van der Waals surface area contributed by atoms with Gasteiger partial charge in [-0.2, -0.15) is 0 Å². The highest BCUT2D eigenvalue weighted by atomic mass is 32.2. The molecule has 0 aliphatic carbocycles. The van der Waals surface area contributed by atoms with Gasteiger partial charge in [0.2, 0.25) is 5.91 Å². The summed E-state index contributed by atoms with van der Waals surface area (Å²) >= 11 is 4.36. The number of carbonyl (C=O) groups is 2. The minimum absolute atomic E-state index is 0.129. The molecule has 0 saturated heterocycles. The summed E-state index contributed by atoms with van der Waals surface area (Å²) in [5, 5.41) is 16.9. The molecule has 0 unspecified atom stereocenters. The number of nitrogens with one attached hydrogen (secondary N) is 1. The molecule has 3 heterocycles. The summed E-state index contributed by atoms with van der Waals surface area (Å²) in [6.07, 6.45) is 0.976. The molecule has 3 aromatic heterocycles. The van der Waals surface area contributed by atoms with E-state index in [2.05, 4.69) is 52.3 Å². The van der Waals surface area contributed by atoms with E-state index >= 15 is 0 Å². The molecule has 0 atom stereocenters. The second kappa shape index (κ2) is 11.6. The normalized spacial score (nSPS) is 11.2. The van der Waals surface area contributed by atoms with Crippen molar-refractivity contribution in [1.82, 2.24) is 14.8 Å². The Labute approximate surface area is 229 Å². The van der Waals surface area contributed by atoms with Crippen molar-refractivity contribution in [2.24, 2.45) is 0 Å². The number of aryl methyl sites for hydroxylation is 3. The molecule has 0 aliphatic rings. The molecule has 37 heavy (non-hydrogen) atoms. The van der Waals surface area contributed by atoms with Crippen LogP contribution >= 0.6 is 34.4 Å². The Morgan fingerprint density at radius 2 is 1.89 bits per heavy atom. The number of ether oxygens (including phenoxy) is 1. The van der Waals surface area contributed by atoms with Gasteiger partial charge in [-0.25, -0.2) is 4.79 Å². The molecular weight excluding hydrogens is 525 g/mol. The number of thiophene rings is 2. The first-order valence-corrected chi connectivity index (χ1v) is 14.7. The molecule has 4 aromatic rings. The van der Waals surface area contributed by atoms with Gasteiger partial charge in [0, 0.05) is 32.8 Å². The smallest absolute Gasteiger partial charge is 0.341 e. The van der Waals surface area contributed by atoms with Gasteiger partial charge in [0.05, 0.1) is 12.9 Å². The van der Waals surface area contributed by atoms with E-state index < -0.39 is 5.97 Å². The van der Waals surface area contributed by atoms with Crippen molar-refractivity contribution in [3.8, 4) is 22.5 Å². The molecule has 1 N–H and O–H groups in total. The summed E-state index contributed by atoms with van der Waals surface area (Å²) in [6.45, 7) is 10.3. The van der Waals surface area contributed by atoms with Crippen LogP contribution in [-0.2, 0) is 16.0 Å². The highest BCUT2D eigenvalue weighted by molar-refractivity contribution is 7.99. The fourth-order valence-corrected chi connectivity index (χ4v) is 6.64. The van der Waals surface area contributed by atoms with Crippen LogP contribution in [0.1, 0.15) is 53.2 Å². The zero-order valence-corrected chi connectivity index (χ0v) is 24.2. The number of thioether (sulfide) groups is 1. The lowest BCUT2D eigenvalue weighted by Gasteiger charge is -2.13. The van der Waals surface area contributed by atoms with Gasteiger partial charge in [0.1, 0.15) is 10.6 Å². The Hall–Kier alpha value is -2.95. The number of benzene rings is 1. The highest BCUT2D eigenvalue weighted by Crippen LogP contribution is 2.38. The third-order valence-electron chi connectivity index (χ3n) is 5.89. The van der Waals surface area contributed by atoms with Crippen molar-refractivity contribution in [3.05, 3.63) is 56.6 Å². The number of rotatable bonds is 9. The first-order chi connectivity index (χ1) is 17.7. The van der Waals surface area contributed by atoms with Crippen LogP contribution < -0.4 is 5.32 Å². The largest absolute Gasteiger partial charge is 0.465 e. The van der Waals surface area contributed by atoms with Gasteiger partial charge in [-0.1, -0.05) is 42.4 Å². The van der Waals surface area contributed by atoms with Crippen LogP contribution in [0.4, 0.5) is 5.00 Å². The van der Waals surface area contributed by atoms with Gasteiger partial charge in [0.25, 0.3) is 0 Å². The van der Waals surface area contributed by atoms with E-state index in [-0.39, 0.29) is 17.7 Å². The number of anilines is 1. The molecule has 1 aromatic carbocycles. The quantitative estimate of drug-likeness (QED) is 0.177. The number of esters is 1. The van der Waals surface area contributed by atoms with Gasteiger partial charge in [-0.05, 0) is 51.3 Å². The fraction of sp³-hybridized carbons (Fsp3) is 0.333. The number of amides is 1. The van der Waals surface area contributed by atoms with Gasteiger partial charge in [0.15, 0.2) is 11.0 Å². The Bertz CT molecular complexity index is 1430. The van der Waals surface area contributed by atoms with E-state index in [1.54, 1.807) is 11.3 Å². The molecular formula is C27H30N4O3S3. The summed E-state index contributed by atoms with van der Waals surface area (Å²) in [6, 6.07) is 8.37. The Kier molecular flexibility index (Phi) is 8.51. The summed E-state index contributed by atoms with van der Waals surface area (Å²) in [4.78, 5) is 27.0. The van der Waals surface area contributed by atoms with Crippen LogP contribution in [-0.4, -0.2) is 39.5 Å². The topological polar surface area (TPSA) is 86.1 Å². The van der Waals surface area contributed by atoms with Crippen LogP contribution in [0, 0.1) is 13.8 Å². The maximum absolute atomic E-state index is 13.0. The predicted octanol–water partition coefficient (Wildman–Crippen LogP) is 7.01. The maximum atomic E-state index is 13.0. The van der Waals surface area contributed by atoms with Crippen molar-refractivity contribution in [2.75, 3.05) is 18.2 Å². The van der Waals surface area contributed by atoms with Crippen molar-refractivity contribution < 1.29 is 14.3 Å². The summed E-state index contributed by atoms with van der Waals surface area (Å²) < 4.78 is 7.12. The average Bonchev–Trinajstić information content (AvgIpc) is 3.61. The third kappa shape index (κ3) is 5.81. The molecule has 1 amide bonds. The number of methoxy groups -OCH3 is 1. The van der Waals surface area contributed by atoms with E-state index in [1.807, 2.05) is 37.4 Å². The maximum Gasteiger partial charge on any atom is 0.341 e. The Balaban J connectivity index is 1.54. The number of nitrogens with zero attached hydrogens (tertiary/aromatic N) is 3. The lowest BCUT2D eigenvalue weighted by molar-refractivity contribution is -0.113. The van der Waals surface area contributed by atoms with Crippen LogP contribution in [0.25, 0.3) is 22.5 Å². The Morgan fingerprint density at radius 1 is 1.11 bits per heavy atom. The SMILES string of the molecule is CCc1cc(-c2nnc(SCC(=O)Nc3scc(-c4cc(C)ccc4C)c3C(=O)OC)n2C(C)C)cs1. The first-order valence-electron chi connectivity index (χ1n) is 12.0. The van der Waals surface area contributed by atoms with Crippen LogP contribution in [0.2, 0.25) is 0 Å². The van der Waals surface area contributed by atoms with Crippen LogP contribution in [0.5, 0.6) is 0 Å². The summed E-state index contributed by atoms with van der Waals surface area (Å²) in [5.74, 6) is 0.226. The van der Waals surface area contributed by atoms with E-state index in [4.69, 9.17) is 4.74 Å². The molecule has 0 fully saturated rings. The van der Waals surface area contributed by atoms with Crippen LogP contribution in [0.15, 0.2) is 40.2 Å². The second-order valence-corrected chi connectivity index (χ2v) is 11.7. The van der Waals surface area contributed by atoms with Gasteiger partial charge in [-0.15, -0.1) is 32.9 Å². The zero-order valence-electron chi connectivity index (χ0n) is 21.7. The summed E-state index contributed by atoms with van der Waals surface area (Å²) in [7, 11) is 1.35. The van der Waals surface area contributed by atoms with E-state index in [0.717, 1.165) is 40.1 Å². The average molecular weight is 555 g/mol. The number of aromatic nitrogens is 3. The monoisotopic (exact) mass is 554 g/mol. The lowest BCUT2D eigenvalue weighted by atomic mass is 9.97. The van der Waals surface area contributed by atoms with Crippen molar-refractivity contribution in [2.45, 2.75) is 52.2 Å². The minimum Gasteiger partial charge on any atom is -0.465 e. The molecule has 194 valence electrons. The van der Waals surface area contributed by atoms with Gasteiger partial charge < -0.3 is 10.1 Å². The predicted molar refractivity (Wildman–Crippen MR) is 153 cm³/mol. The minimum atomic E-state index is -0.480. The van der Waals surface area contributed by atoms with Crippen molar-refractivity contribution >= 4 is 51.3 Å². The first kappa shape index (κ1) is 27.1. The third-order valence-corrected chi connectivity index (χ3v) is 8.81. The molecule has 10 heteroatoms. The van der Waals surface area contributed by atoms with Gasteiger partial charge >= 0.3 is 5.97 Å². The lowest BCUT2D eigenvalue weighted by Crippen LogP contribution is -2.16. The molecule has 0 saturated carbocycles. The van der Waals surface area contributed by atoms with Crippen LogP contribution in [0.3, 0.4) is 0 Å². The highest BCUT2D eigenvalue weighted by Gasteiger charge is 2.24. The molecule has 0 aliphatic heterocycles. The van der Waals surface area contributed by atoms with E-state index in [1.165, 1.54) is 35.1 Å². The molecule has 0 spiro atoms. The van der Waals surface area contributed by atoms with Crippen molar-refractivity contribution in [1.29, 1.82) is 0 Å². The molecule has 0 bridgehead atoms. The molecule has 7 nitrogen and oxygen atoms in total. The zero-order chi connectivity index (χ0) is 26.7. The Morgan fingerprint density at radius 3 is 2.57 bits per heavy atom. The number of hydrogen-bond acceptors (Lipinski definition) is 8. The number of carbonyl (C=O) groups excluding carboxylic acids is 2. The second-order valence-electron chi connectivity index (χ2n) is 8.93. The van der Waals surface area contributed by atoms with Crippen molar-refractivity contribution in [3.63, 3.8) is 0 Å². The standard InChI is InChI=1S/C27H30N4O3S3/c1-7-19-11-18(12-35-19)24-29-30-27(31(24)15(2)3)37-14-22(32)28-25-23(26(33)34-6)21(13-36-25)20-10-16(4)8-9-17(20)5/h8-13,15H,7,14H2,1-6H3,(H,28,32). The van der Waals surface area contributed by atoms with E-state index in [0.29, 0.717) is 15.7 Å².